The number of nitrogens with one attached hydrogen (secondary N) is 2. The summed E-state index contributed by atoms with van der Waals surface area (Å²) in [4.78, 5) is 12.4. The summed E-state index contributed by atoms with van der Waals surface area (Å²) in [5, 5.41) is 2.90. The molecule has 0 spiro atoms. The molecule has 0 unspecified atom stereocenters. The molecule has 0 atom stereocenters. The molecule has 0 aliphatic heterocycles. The Morgan fingerprint density at radius 2 is 1.61 bits per heavy atom. The molecule has 1 aliphatic carbocycles. The van der Waals surface area contributed by atoms with Crippen LogP contribution >= 0.6 is 0 Å². The van der Waals surface area contributed by atoms with Gasteiger partial charge in [-0.25, -0.2) is 13.1 Å². The maximum absolute atomic E-state index is 12.5. The average Bonchev–Trinajstić information content (AvgIpc) is 2.69. The molecule has 0 radical (unpaired) electrons. The Hall–Kier alpha value is -2.18. The second-order valence-corrected chi connectivity index (χ2v) is 9.19. The molecule has 2 N–H and O–H groups in total. The van der Waals surface area contributed by atoms with Crippen LogP contribution in [-0.2, 0) is 16.4 Å². The number of aryl methyl sites for hydroxylation is 1. The first-order chi connectivity index (χ1) is 13.4. The summed E-state index contributed by atoms with van der Waals surface area (Å²) >= 11 is 0. The third kappa shape index (κ3) is 5.66. The maximum atomic E-state index is 12.5. The number of sulfonamides is 1. The molecular weight excluding hydrogens is 372 g/mol. The van der Waals surface area contributed by atoms with Gasteiger partial charge in [-0.15, -0.1) is 0 Å². The fourth-order valence-electron chi connectivity index (χ4n) is 3.47. The number of carbonyl (C=O) groups is 1. The quantitative estimate of drug-likeness (QED) is 0.746. The number of hydrogen-bond acceptors (Lipinski definition) is 3. The van der Waals surface area contributed by atoms with Crippen molar-refractivity contribution in [2.24, 2.45) is 0 Å². The Morgan fingerprint density at radius 3 is 2.25 bits per heavy atom. The van der Waals surface area contributed by atoms with Gasteiger partial charge in [-0.2, -0.15) is 0 Å². The molecule has 0 heterocycles. The highest BCUT2D eigenvalue weighted by Crippen LogP contribution is 2.20. The lowest BCUT2D eigenvalue weighted by Gasteiger charge is -2.22. The SMILES string of the molecule is Cc1ccc(C(=O)NCCc2ccc(S(=O)(=O)NC3CCCCC3)cc2)cc1. The number of carbonyl (C=O) groups excluding carboxylic acids is 1. The van der Waals surface area contributed by atoms with E-state index >= 15 is 0 Å². The molecule has 2 aromatic carbocycles. The van der Waals surface area contributed by atoms with E-state index in [2.05, 4.69) is 10.0 Å². The lowest BCUT2D eigenvalue weighted by Crippen LogP contribution is -2.36. The highest BCUT2D eigenvalue weighted by molar-refractivity contribution is 7.89. The van der Waals surface area contributed by atoms with E-state index in [-0.39, 0.29) is 11.9 Å². The predicted octanol–water partition coefficient (Wildman–Crippen LogP) is 3.58. The molecule has 1 aliphatic rings. The van der Waals surface area contributed by atoms with Gasteiger partial charge in [0, 0.05) is 18.2 Å². The van der Waals surface area contributed by atoms with Crippen molar-refractivity contribution in [3.63, 3.8) is 0 Å². The Labute approximate surface area is 167 Å². The summed E-state index contributed by atoms with van der Waals surface area (Å²) in [5.74, 6) is -0.101. The van der Waals surface area contributed by atoms with Crippen LogP contribution in [0.5, 0.6) is 0 Å². The topological polar surface area (TPSA) is 75.3 Å². The van der Waals surface area contributed by atoms with Crippen LogP contribution in [0.1, 0.15) is 53.6 Å². The van der Waals surface area contributed by atoms with Gasteiger partial charge in [-0.3, -0.25) is 4.79 Å². The summed E-state index contributed by atoms with van der Waals surface area (Å²) in [5.41, 5.74) is 2.74. The first kappa shape index (κ1) is 20.6. The standard InChI is InChI=1S/C22H28N2O3S/c1-17-7-11-19(12-8-17)22(25)23-16-15-18-9-13-21(14-10-18)28(26,27)24-20-5-3-2-4-6-20/h7-14,20,24H,2-6,15-16H2,1H3,(H,23,25). The molecule has 1 amide bonds. The first-order valence-corrected chi connectivity index (χ1v) is 11.4. The minimum Gasteiger partial charge on any atom is -0.352 e. The molecule has 150 valence electrons. The second-order valence-electron chi connectivity index (χ2n) is 7.47. The van der Waals surface area contributed by atoms with Crippen molar-refractivity contribution in [2.75, 3.05) is 6.54 Å². The van der Waals surface area contributed by atoms with Gasteiger partial charge in [-0.1, -0.05) is 49.1 Å². The zero-order valence-corrected chi connectivity index (χ0v) is 17.1. The minimum atomic E-state index is -3.47. The van der Waals surface area contributed by atoms with Gasteiger partial charge in [0.2, 0.25) is 10.0 Å². The van der Waals surface area contributed by atoms with Gasteiger partial charge in [0.25, 0.3) is 5.91 Å². The van der Waals surface area contributed by atoms with Crippen LogP contribution in [0.15, 0.2) is 53.4 Å². The van der Waals surface area contributed by atoms with Gasteiger partial charge >= 0.3 is 0 Å². The second kappa shape index (κ2) is 9.34. The zero-order chi connectivity index (χ0) is 20.0. The number of rotatable bonds is 7. The normalized spacial score (nSPS) is 15.3. The van der Waals surface area contributed by atoms with Gasteiger partial charge in [0.1, 0.15) is 0 Å². The third-order valence-corrected chi connectivity index (χ3v) is 6.71. The van der Waals surface area contributed by atoms with Crippen molar-refractivity contribution in [3.8, 4) is 0 Å². The summed E-state index contributed by atoms with van der Waals surface area (Å²) in [6.45, 7) is 2.48. The lowest BCUT2D eigenvalue weighted by atomic mass is 9.96. The Kier molecular flexibility index (Phi) is 6.86. The van der Waals surface area contributed by atoms with Gasteiger partial charge in [0.15, 0.2) is 0 Å². The van der Waals surface area contributed by atoms with Gasteiger partial charge < -0.3 is 5.32 Å². The summed E-state index contributed by atoms with van der Waals surface area (Å²) in [6, 6.07) is 14.4. The van der Waals surface area contributed by atoms with Crippen LogP contribution in [0.2, 0.25) is 0 Å². The monoisotopic (exact) mass is 400 g/mol. The average molecular weight is 401 g/mol. The molecule has 3 rings (SSSR count). The van der Waals surface area contributed by atoms with Crippen LogP contribution in [0.3, 0.4) is 0 Å². The molecule has 6 heteroatoms. The molecule has 0 bridgehead atoms. The fraction of sp³-hybridized carbons (Fsp3) is 0.409. The number of amides is 1. The molecule has 28 heavy (non-hydrogen) atoms. The fourth-order valence-corrected chi connectivity index (χ4v) is 4.78. The molecule has 1 fully saturated rings. The number of hydrogen-bond donors (Lipinski definition) is 2. The zero-order valence-electron chi connectivity index (χ0n) is 16.3. The van der Waals surface area contributed by atoms with Crippen LogP contribution in [0, 0.1) is 6.92 Å². The van der Waals surface area contributed by atoms with Crippen molar-refractivity contribution in [3.05, 3.63) is 65.2 Å². The molecule has 5 nitrogen and oxygen atoms in total. The molecule has 0 saturated heterocycles. The van der Waals surface area contributed by atoms with Crippen LogP contribution in [0.25, 0.3) is 0 Å². The highest BCUT2D eigenvalue weighted by Gasteiger charge is 2.21. The predicted molar refractivity (Wildman–Crippen MR) is 111 cm³/mol. The molecular formula is C22H28N2O3S. The minimum absolute atomic E-state index is 0.0513. The first-order valence-electron chi connectivity index (χ1n) is 9.90. The van der Waals surface area contributed by atoms with Gasteiger partial charge in [-0.05, 0) is 56.0 Å². The van der Waals surface area contributed by atoms with E-state index in [4.69, 9.17) is 0 Å². The van der Waals surface area contributed by atoms with Crippen LogP contribution in [0.4, 0.5) is 0 Å². The molecule has 0 aromatic heterocycles. The van der Waals surface area contributed by atoms with E-state index in [0.717, 1.165) is 36.8 Å². The van der Waals surface area contributed by atoms with Crippen LogP contribution < -0.4 is 10.0 Å². The van der Waals surface area contributed by atoms with Crippen molar-refractivity contribution in [1.82, 2.24) is 10.0 Å². The smallest absolute Gasteiger partial charge is 0.251 e. The summed E-state index contributed by atoms with van der Waals surface area (Å²) in [6.07, 6.45) is 5.83. The third-order valence-electron chi connectivity index (χ3n) is 5.17. The van der Waals surface area contributed by atoms with Crippen molar-refractivity contribution < 1.29 is 13.2 Å². The molecule has 2 aromatic rings. The Balaban J connectivity index is 1.51. The van der Waals surface area contributed by atoms with Crippen molar-refractivity contribution in [1.29, 1.82) is 0 Å². The van der Waals surface area contributed by atoms with Crippen molar-refractivity contribution >= 4 is 15.9 Å². The van der Waals surface area contributed by atoms with Crippen molar-refractivity contribution in [2.45, 2.75) is 56.4 Å². The Morgan fingerprint density at radius 1 is 0.964 bits per heavy atom. The molecule has 1 saturated carbocycles. The Bertz CT molecular complexity index is 884. The van der Waals surface area contributed by atoms with E-state index in [1.54, 1.807) is 12.1 Å². The van der Waals surface area contributed by atoms with Crippen LogP contribution in [-0.4, -0.2) is 26.9 Å². The number of benzene rings is 2. The summed E-state index contributed by atoms with van der Waals surface area (Å²) < 4.78 is 27.9. The largest absolute Gasteiger partial charge is 0.352 e. The summed E-state index contributed by atoms with van der Waals surface area (Å²) in [7, 11) is -3.47. The maximum Gasteiger partial charge on any atom is 0.251 e. The highest BCUT2D eigenvalue weighted by atomic mass is 32.2. The van der Waals surface area contributed by atoms with E-state index in [1.165, 1.54) is 6.42 Å². The van der Waals surface area contributed by atoms with E-state index < -0.39 is 10.0 Å². The van der Waals surface area contributed by atoms with E-state index in [9.17, 15) is 13.2 Å². The lowest BCUT2D eigenvalue weighted by molar-refractivity contribution is 0.0954. The van der Waals surface area contributed by atoms with E-state index in [0.29, 0.717) is 23.4 Å². The van der Waals surface area contributed by atoms with Gasteiger partial charge in [0.05, 0.1) is 4.90 Å². The van der Waals surface area contributed by atoms with E-state index in [1.807, 2.05) is 43.3 Å².